The maximum absolute atomic E-state index is 12.2. The molecular weight excluding hydrogens is 334 g/mol. The molecule has 7 heteroatoms. The van der Waals surface area contributed by atoms with E-state index in [1.165, 1.54) is 0 Å². The Labute approximate surface area is 152 Å². The van der Waals surface area contributed by atoms with Gasteiger partial charge in [0.1, 0.15) is 17.6 Å². The van der Waals surface area contributed by atoms with E-state index in [0.717, 1.165) is 13.1 Å². The van der Waals surface area contributed by atoms with Gasteiger partial charge in [-0.1, -0.05) is 18.2 Å². The highest BCUT2D eigenvalue weighted by molar-refractivity contribution is 5.95. The molecule has 1 aromatic heterocycles. The van der Waals surface area contributed by atoms with Gasteiger partial charge in [-0.25, -0.2) is 4.79 Å². The molecule has 1 aliphatic rings. The maximum atomic E-state index is 12.2. The number of aromatic carboxylic acids is 1. The van der Waals surface area contributed by atoms with E-state index < -0.39 is 5.97 Å². The lowest BCUT2D eigenvalue weighted by Crippen LogP contribution is -2.57. The van der Waals surface area contributed by atoms with Crippen LogP contribution in [-0.2, 0) is 11.3 Å². The normalized spacial score (nSPS) is 18.6. The molecule has 1 amide bonds. The van der Waals surface area contributed by atoms with Crippen molar-refractivity contribution >= 4 is 11.9 Å². The number of rotatable bonds is 5. The van der Waals surface area contributed by atoms with E-state index in [9.17, 15) is 14.7 Å². The molecule has 2 heterocycles. The van der Waals surface area contributed by atoms with Gasteiger partial charge in [0, 0.05) is 32.2 Å². The second kappa shape index (κ2) is 7.72. The molecular formula is C19H23N3O4. The summed E-state index contributed by atoms with van der Waals surface area (Å²) >= 11 is 0. The van der Waals surface area contributed by atoms with Crippen LogP contribution in [0.25, 0.3) is 11.3 Å². The zero-order chi connectivity index (χ0) is 18.7. The van der Waals surface area contributed by atoms with Gasteiger partial charge in [-0.2, -0.15) is 0 Å². The molecule has 1 fully saturated rings. The van der Waals surface area contributed by atoms with Gasteiger partial charge in [0.15, 0.2) is 0 Å². The van der Waals surface area contributed by atoms with Gasteiger partial charge in [-0.3, -0.25) is 9.69 Å². The molecule has 138 valence electrons. The zero-order valence-electron chi connectivity index (χ0n) is 14.9. The van der Waals surface area contributed by atoms with Gasteiger partial charge in [0.05, 0.1) is 12.1 Å². The van der Waals surface area contributed by atoms with E-state index in [2.05, 4.69) is 15.1 Å². The van der Waals surface area contributed by atoms with Crippen LogP contribution in [0.1, 0.15) is 16.1 Å². The first-order valence-corrected chi connectivity index (χ1v) is 8.55. The molecule has 3 rings (SSSR count). The molecule has 0 aliphatic carbocycles. The lowest BCUT2D eigenvalue weighted by molar-refractivity contribution is -0.128. The third-order valence-corrected chi connectivity index (χ3v) is 4.69. The Morgan fingerprint density at radius 2 is 2.00 bits per heavy atom. The van der Waals surface area contributed by atoms with Crippen molar-refractivity contribution < 1.29 is 19.1 Å². The molecule has 7 nitrogen and oxygen atoms in total. The van der Waals surface area contributed by atoms with Crippen molar-refractivity contribution in [1.29, 1.82) is 0 Å². The molecule has 1 saturated heterocycles. The Bertz CT molecular complexity index is 802. The summed E-state index contributed by atoms with van der Waals surface area (Å²) in [5.41, 5.74) is 0.753. The molecule has 26 heavy (non-hydrogen) atoms. The number of nitrogens with one attached hydrogen (secondary N) is 1. The van der Waals surface area contributed by atoms with Crippen LogP contribution in [0.5, 0.6) is 0 Å². The quantitative estimate of drug-likeness (QED) is 0.844. The van der Waals surface area contributed by atoms with E-state index >= 15 is 0 Å². The van der Waals surface area contributed by atoms with Crippen molar-refractivity contribution in [3.8, 4) is 11.3 Å². The monoisotopic (exact) mass is 357 g/mol. The number of piperazine rings is 1. The van der Waals surface area contributed by atoms with Crippen LogP contribution in [0.4, 0.5) is 0 Å². The Kier molecular flexibility index (Phi) is 5.39. The van der Waals surface area contributed by atoms with Crippen molar-refractivity contribution in [2.75, 3.05) is 33.7 Å². The Balaban J connectivity index is 1.80. The number of carbonyl (C=O) groups excluding carboxylic acids is 1. The molecule has 1 unspecified atom stereocenters. The summed E-state index contributed by atoms with van der Waals surface area (Å²) in [6.45, 7) is 2.80. The average Bonchev–Trinajstić information content (AvgIpc) is 3.11. The second-order valence-electron chi connectivity index (χ2n) is 6.48. The Hall–Kier alpha value is -2.64. The second-order valence-corrected chi connectivity index (χ2v) is 6.48. The van der Waals surface area contributed by atoms with Gasteiger partial charge in [-0.05, 0) is 25.2 Å². The summed E-state index contributed by atoms with van der Waals surface area (Å²) in [6.07, 6.45) is 0. The molecule has 0 bridgehead atoms. The molecule has 1 aliphatic heterocycles. The number of hydrogen-bond acceptors (Lipinski definition) is 5. The fraction of sp³-hybridized carbons (Fsp3) is 0.368. The van der Waals surface area contributed by atoms with E-state index in [-0.39, 0.29) is 17.5 Å². The first kappa shape index (κ1) is 18.2. The SMILES string of the molecule is CNC(=O)C1CN(C)CCN1Cc1ccc(-c2ccccc2C(=O)O)o1. The van der Waals surface area contributed by atoms with Crippen molar-refractivity contribution in [2.45, 2.75) is 12.6 Å². The largest absolute Gasteiger partial charge is 0.478 e. The van der Waals surface area contributed by atoms with Crippen molar-refractivity contribution in [2.24, 2.45) is 0 Å². The van der Waals surface area contributed by atoms with Crippen LogP contribution in [0, 0.1) is 0 Å². The number of amides is 1. The summed E-state index contributed by atoms with van der Waals surface area (Å²) in [7, 11) is 3.64. The summed E-state index contributed by atoms with van der Waals surface area (Å²) in [5.74, 6) is 0.221. The number of carboxylic acids is 1. The maximum Gasteiger partial charge on any atom is 0.336 e. The first-order chi connectivity index (χ1) is 12.5. The average molecular weight is 357 g/mol. The number of nitrogens with zero attached hydrogens (tertiary/aromatic N) is 2. The van der Waals surface area contributed by atoms with E-state index in [1.807, 2.05) is 13.1 Å². The Morgan fingerprint density at radius 1 is 1.23 bits per heavy atom. The van der Waals surface area contributed by atoms with Gasteiger partial charge < -0.3 is 19.7 Å². The molecule has 0 spiro atoms. The molecule has 2 N–H and O–H groups in total. The summed E-state index contributed by atoms with van der Waals surface area (Å²) in [5, 5.41) is 12.1. The highest BCUT2D eigenvalue weighted by atomic mass is 16.4. The third kappa shape index (κ3) is 3.79. The van der Waals surface area contributed by atoms with Gasteiger partial charge in [0.2, 0.25) is 5.91 Å². The summed E-state index contributed by atoms with van der Waals surface area (Å²) in [4.78, 5) is 27.8. The number of furan rings is 1. The van der Waals surface area contributed by atoms with Crippen molar-refractivity contribution in [3.63, 3.8) is 0 Å². The summed E-state index contributed by atoms with van der Waals surface area (Å²) < 4.78 is 5.90. The topological polar surface area (TPSA) is 86.0 Å². The highest BCUT2D eigenvalue weighted by Crippen LogP contribution is 2.27. The summed E-state index contributed by atoms with van der Waals surface area (Å²) in [6, 6.07) is 10.1. The number of benzene rings is 1. The van der Waals surface area contributed by atoms with Gasteiger partial charge in [0.25, 0.3) is 0 Å². The number of carbonyl (C=O) groups is 2. The van der Waals surface area contributed by atoms with Crippen LogP contribution < -0.4 is 5.32 Å². The minimum Gasteiger partial charge on any atom is -0.478 e. The van der Waals surface area contributed by atoms with Crippen LogP contribution >= 0.6 is 0 Å². The fourth-order valence-electron chi connectivity index (χ4n) is 3.25. The molecule has 1 aromatic carbocycles. The molecule has 2 aromatic rings. The van der Waals surface area contributed by atoms with Crippen molar-refractivity contribution in [1.82, 2.24) is 15.1 Å². The lowest BCUT2D eigenvalue weighted by atomic mass is 10.1. The highest BCUT2D eigenvalue weighted by Gasteiger charge is 2.31. The third-order valence-electron chi connectivity index (χ3n) is 4.69. The van der Waals surface area contributed by atoms with Gasteiger partial charge >= 0.3 is 5.97 Å². The predicted molar refractivity (Wildman–Crippen MR) is 96.9 cm³/mol. The van der Waals surface area contributed by atoms with Crippen molar-refractivity contribution in [3.05, 3.63) is 47.7 Å². The molecule has 0 saturated carbocycles. The van der Waals surface area contributed by atoms with E-state index in [0.29, 0.717) is 30.2 Å². The zero-order valence-corrected chi connectivity index (χ0v) is 14.9. The van der Waals surface area contributed by atoms with Crippen LogP contribution in [0.3, 0.4) is 0 Å². The minimum absolute atomic E-state index is 0.0143. The van der Waals surface area contributed by atoms with Crippen LogP contribution in [0.15, 0.2) is 40.8 Å². The Morgan fingerprint density at radius 3 is 2.73 bits per heavy atom. The number of carboxylic acid groups (broad SMARTS) is 1. The smallest absolute Gasteiger partial charge is 0.336 e. The number of likely N-dealkylation sites (N-methyl/N-ethyl adjacent to an activating group) is 2. The lowest BCUT2D eigenvalue weighted by Gasteiger charge is -2.38. The number of hydrogen-bond donors (Lipinski definition) is 2. The minimum atomic E-state index is -0.989. The standard InChI is InChI=1S/C19H23N3O4/c1-20-18(23)16-12-21(2)9-10-22(16)11-13-7-8-17(26-13)14-5-3-4-6-15(14)19(24)25/h3-8,16H,9-12H2,1-2H3,(H,20,23)(H,24,25). The fourth-order valence-corrected chi connectivity index (χ4v) is 3.25. The molecule has 0 radical (unpaired) electrons. The van der Waals surface area contributed by atoms with E-state index in [4.69, 9.17) is 4.42 Å². The molecule has 1 atom stereocenters. The van der Waals surface area contributed by atoms with Crippen LogP contribution in [0.2, 0.25) is 0 Å². The van der Waals surface area contributed by atoms with Gasteiger partial charge in [-0.15, -0.1) is 0 Å². The van der Waals surface area contributed by atoms with E-state index in [1.54, 1.807) is 37.4 Å². The van der Waals surface area contributed by atoms with Crippen LogP contribution in [-0.4, -0.2) is 66.6 Å². The first-order valence-electron chi connectivity index (χ1n) is 8.55. The predicted octanol–water partition coefficient (Wildman–Crippen LogP) is 1.51.